The number of amides is 1. The van der Waals surface area contributed by atoms with Gasteiger partial charge >= 0.3 is 6.09 Å². The molecule has 1 spiro atoms. The summed E-state index contributed by atoms with van der Waals surface area (Å²) in [5, 5.41) is 0. The summed E-state index contributed by atoms with van der Waals surface area (Å²) in [7, 11) is 0. The Labute approximate surface area is 176 Å². The van der Waals surface area contributed by atoms with Gasteiger partial charge in [-0.2, -0.15) is 0 Å². The van der Waals surface area contributed by atoms with E-state index in [0.29, 0.717) is 18.8 Å². The highest BCUT2D eigenvalue weighted by Gasteiger charge is 2.53. The van der Waals surface area contributed by atoms with Gasteiger partial charge in [-0.05, 0) is 62.0 Å². The second-order valence-electron chi connectivity index (χ2n) is 7.72. The van der Waals surface area contributed by atoms with Gasteiger partial charge in [0.2, 0.25) is 5.78 Å². The Balaban J connectivity index is 2.03. The molecule has 1 aliphatic carbocycles. The molecule has 5 nitrogen and oxygen atoms in total. The topological polar surface area (TPSA) is 51.5 Å². The molecule has 1 aromatic heterocycles. The SMILES string of the molecule is CC(C)(C)OC(=O)N1CCn2c(C(=O)C(Cl)(Cl)Cl)cc(Br)c2C12CCC2. The number of nitrogens with zero attached hydrogens (tertiary/aromatic N) is 2. The molecule has 144 valence electrons. The number of ether oxygens (including phenoxy) is 1. The summed E-state index contributed by atoms with van der Waals surface area (Å²) in [6.07, 6.45) is 2.25. The van der Waals surface area contributed by atoms with Crippen LogP contribution in [0.1, 0.15) is 56.2 Å². The molecule has 1 amide bonds. The fourth-order valence-electron chi connectivity index (χ4n) is 3.70. The molecular formula is C17H20BrCl3N2O3. The second kappa shape index (κ2) is 6.57. The summed E-state index contributed by atoms with van der Waals surface area (Å²) in [4.78, 5) is 27.1. The molecule has 0 radical (unpaired) electrons. The van der Waals surface area contributed by atoms with Crippen molar-refractivity contribution < 1.29 is 14.3 Å². The van der Waals surface area contributed by atoms with E-state index >= 15 is 0 Å². The number of aromatic nitrogens is 1. The Kier molecular flexibility index (Phi) is 5.13. The van der Waals surface area contributed by atoms with E-state index in [1.165, 1.54) is 0 Å². The first-order chi connectivity index (χ1) is 11.9. The van der Waals surface area contributed by atoms with Gasteiger partial charge in [0.1, 0.15) is 5.60 Å². The molecule has 26 heavy (non-hydrogen) atoms. The molecule has 1 fully saturated rings. The first-order valence-electron chi connectivity index (χ1n) is 8.38. The number of ketones is 1. The molecule has 1 saturated carbocycles. The van der Waals surface area contributed by atoms with E-state index in [1.807, 2.05) is 25.3 Å². The second-order valence-corrected chi connectivity index (χ2v) is 10.9. The standard InChI is InChI=1S/C17H20BrCl3N2O3/c1-15(2,3)26-14(25)23-8-7-22-11(13(24)17(19,20)21)9-10(18)12(22)16(23)5-4-6-16/h9H,4-8H2,1-3H3. The highest BCUT2D eigenvalue weighted by Crippen LogP contribution is 2.52. The summed E-state index contributed by atoms with van der Waals surface area (Å²) in [5.41, 5.74) is 0.140. The number of rotatable bonds is 1. The third-order valence-electron chi connectivity index (χ3n) is 4.84. The van der Waals surface area contributed by atoms with Crippen molar-refractivity contribution in [2.75, 3.05) is 6.54 Å². The van der Waals surface area contributed by atoms with Gasteiger partial charge in [-0.1, -0.05) is 34.8 Å². The van der Waals surface area contributed by atoms with Gasteiger partial charge in [0.15, 0.2) is 0 Å². The van der Waals surface area contributed by atoms with Crippen LogP contribution in [0.2, 0.25) is 0 Å². The number of fused-ring (bicyclic) bond motifs is 2. The lowest BCUT2D eigenvalue weighted by molar-refractivity contribution is -0.0429. The normalized spacial score (nSPS) is 19.1. The minimum Gasteiger partial charge on any atom is -0.444 e. The molecule has 1 aromatic rings. The predicted molar refractivity (Wildman–Crippen MR) is 105 cm³/mol. The van der Waals surface area contributed by atoms with Crippen molar-refractivity contribution in [2.45, 2.75) is 61.5 Å². The van der Waals surface area contributed by atoms with Gasteiger partial charge in [0.25, 0.3) is 3.79 Å². The number of hydrogen-bond donors (Lipinski definition) is 0. The Bertz CT molecular complexity index is 761. The van der Waals surface area contributed by atoms with Crippen molar-refractivity contribution >= 4 is 62.6 Å². The lowest BCUT2D eigenvalue weighted by Crippen LogP contribution is -2.59. The number of hydrogen-bond acceptors (Lipinski definition) is 3. The Morgan fingerprint density at radius 1 is 1.19 bits per heavy atom. The van der Waals surface area contributed by atoms with E-state index in [9.17, 15) is 9.59 Å². The van der Waals surface area contributed by atoms with Crippen LogP contribution in [0, 0.1) is 0 Å². The number of carbonyl (C=O) groups excluding carboxylic acids is 2. The van der Waals surface area contributed by atoms with E-state index in [1.54, 1.807) is 11.0 Å². The Morgan fingerprint density at radius 3 is 2.27 bits per heavy atom. The average Bonchev–Trinajstić information content (AvgIpc) is 2.78. The predicted octanol–water partition coefficient (Wildman–Crippen LogP) is 5.43. The lowest BCUT2D eigenvalue weighted by Gasteiger charge is -2.53. The maximum atomic E-state index is 12.8. The summed E-state index contributed by atoms with van der Waals surface area (Å²) < 4.78 is 6.19. The maximum Gasteiger partial charge on any atom is 0.411 e. The average molecular weight is 487 g/mol. The van der Waals surface area contributed by atoms with Crippen LogP contribution in [0.4, 0.5) is 4.79 Å². The van der Waals surface area contributed by atoms with E-state index in [-0.39, 0.29) is 6.09 Å². The monoisotopic (exact) mass is 484 g/mol. The van der Waals surface area contributed by atoms with E-state index in [4.69, 9.17) is 39.5 Å². The van der Waals surface area contributed by atoms with Gasteiger partial charge < -0.3 is 9.30 Å². The van der Waals surface area contributed by atoms with Gasteiger partial charge in [-0.15, -0.1) is 0 Å². The number of carbonyl (C=O) groups is 2. The molecule has 1 aliphatic heterocycles. The van der Waals surface area contributed by atoms with Crippen molar-refractivity contribution in [1.29, 1.82) is 0 Å². The lowest BCUT2D eigenvalue weighted by atomic mass is 9.72. The molecule has 0 unspecified atom stereocenters. The zero-order chi connectivity index (χ0) is 19.5. The van der Waals surface area contributed by atoms with E-state index in [2.05, 4.69) is 15.9 Å². The summed E-state index contributed by atoms with van der Waals surface area (Å²) in [5.74, 6) is -0.574. The van der Waals surface area contributed by atoms with Gasteiger partial charge in [0.05, 0.1) is 16.9 Å². The van der Waals surface area contributed by atoms with E-state index < -0.39 is 20.7 Å². The molecule has 0 atom stereocenters. The smallest absolute Gasteiger partial charge is 0.411 e. The highest BCUT2D eigenvalue weighted by atomic mass is 79.9. The number of Topliss-reactive ketones (excluding diaryl/α,β-unsaturated/α-hetero) is 1. The number of halogens is 4. The molecule has 3 rings (SSSR count). The van der Waals surface area contributed by atoms with Crippen molar-refractivity contribution in [3.8, 4) is 0 Å². The van der Waals surface area contributed by atoms with Gasteiger partial charge in [-0.25, -0.2) is 4.79 Å². The van der Waals surface area contributed by atoms with Crippen LogP contribution in [0.3, 0.4) is 0 Å². The van der Waals surface area contributed by atoms with Crippen LogP contribution in [0.25, 0.3) is 0 Å². The third-order valence-corrected chi connectivity index (χ3v) is 5.96. The van der Waals surface area contributed by atoms with Crippen molar-refractivity contribution in [3.63, 3.8) is 0 Å². The third kappa shape index (κ3) is 3.38. The summed E-state index contributed by atoms with van der Waals surface area (Å²) in [6.45, 7) is 6.41. The minimum absolute atomic E-state index is 0.335. The van der Waals surface area contributed by atoms with Crippen molar-refractivity contribution in [2.24, 2.45) is 0 Å². The van der Waals surface area contributed by atoms with Crippen LogP contribution in [0.15, 0.2) is 10.5 Å². The van der Waals surface area contributed by atoms with Gasteiger partial charge in [0, 0.05) is 17.6 Å². The number of alkyl halides is 3. The Hall–Kier alpha value is -0.430. The fraction of sp³-hybridized carbons (Fsp3) is 0.647. The molecule has 2 heterocycles. The zero-order valence-electron chi connectivity index (χ0n) is 14.7. The first kappa shape index (κ1) is 20.3. The molecule has 0 N–H and O–H groups in total. The maximum absolute atomic E-state index is 12.8. The molecule has 2 aliphatic rings. The minimum atomic E-state index is -2.02. The zero-order valence-corrected chi connectivity index (χ0v) is 18.6. The van der Waals surface area contributed by atoms with Gasteiger partial charge in [-0.3, -0.25) is 9.69 Å². The molecule has 0 aromatic carbocycles. The first-order valence-corrected chi connectivity index (χ1v) is 10.3. The van der Waals surface area contributed by atoms with Crippen LogP contribution in [0.5, 0.6) is 0 Å². The highest BCUT2D eigenvalue weighted by molar-refractivity contribution is 9.10. The fourth-order valence-corrected chi connectivity index (χ4v) is 4.79. The van der Waals surface area contributed by atoms with E-state index in [0.717, 1.165) is 29.4 Å². The van der Waals surface area contributed by atoms with Crippen LogP contribution >= 0.6 is 50.7 Å². The molecular weight excluding hydrogens is 466 g/mol. The van der Waals surface area contributed by atoms with Crippen LogP contribution in [-0.2, 0) is 16.8 Å². The molecule has 9 heteroatoms. The molecule has 0 saturated heterocycles. The quantitative estimate of drug-likeness (QED) is 0.393. The van der Waals surface area contributed by atoms with Crippen LogP contribution < -0.4 is 0 Å². The Morgan fingerprint density at radius 2 is 1.81 bits per heavy atom. The van der Waals surface area contributed by atoms with Crippen molar-refractivity contribution in [1.82, 2.24) is 9.47 Å². The molecule has 0 bridgehead atoms. The van der Waals surface area contributed by atoms with Crippen molar-refractivity contribution in [3.05, 3.63) is 21.9 Å². The largest absolute Gasteiger partial charge is 0.444 e. The summed E-state index contributed by atoms with van der Waals surface area (Å²) in [6, 6.07) is 1.68. The van der Waals surface area contributed by atoms with Crippen LogP contribution in [-0.4, -0.2) is 37.3 Å². The summed E-state index contributed by atoms with van der Waals surface area (Å²) >= 11 is 21.0.